The van der Waals surface area contributed by atoms with Crippen molar-refractivity contribution in [1.82, 2.24) is 19.6 Å². The smallest absolute Gasteiger partial charge is 0.314 e. The van der Waals surface area contributed by atoms with Crippen LogP contribution in [-0.2, 0) is 0 Å². The Kier molecular flexibility index (Phi) is 3.91. The molecule has 0 aliphatic carbocycles. The third-order valence-corrected chi connectivity index (χ3v) is 2.98. The van der Waals surface area contributed by atoms with Crippen LogP contribution >= 0.6 is 0 Å². The fraction of sp³-hybridized carbons (Fsp3) is 0.154. The van der Waals surface area contributed by atoms with E-state index in [1.165, 1.54) is 0 Å². The number of benzene rings is 1. The predicted molar refractivity (Wildman–Crippen MR) is 70.4 cm³/mol. The maximum atomic E-state index is 13.4. The van der Waals surface area contributed by atoms with Gasteiger partial charge in [0.25, 0.3) is 12.0 Å². The van der Waals surface area contributed by atoms with Gasteiger partial charge in [-0.3, -0.25) is 9.78 Å². The topological polar surface area (TPSA) is 72.3 Å². The molecule has 0 aliphatic heterocycles. The van der Waals surface area contributed by atoms with Gasteiger partial charge in [-0.15, -0.1) is 5.10 Å². The highest BCUT2D eigenvalue weighted by Gasteiger charge is 2.17. The van der Waals surface area contributed by atoms with E-state index in [1.807, 2.05) is 0 Å². The Bertz CT molecular complexity index is 946. The minimum absolute atomic E-state index is 0.0594. The van der Waals surface area contributed by atoms with Crippen LogP contribution in [0.3, 0.4) is 0 Å². The fourth-order valence-corrected chi connectivity index (χ4v) is 1.98. The molecule has 3 rings (SSSR count). The van der Waals surface area contributed by atoms with Crippen LogP contribution in [0.2, 0.25) is 0 Å². The second-order valence-corrected chi connectivity index (χ2v) is 4.59. The summed E-state index contributed by atoms with van der Waals surface area (Å²) in [5.74, 6) is -4.54. The van der Waals surface area contributed by atoms with Gasteiger partial charge in [-0.05, 0) is 12.1 Å². The molecule has 0 amide bonds. The van der Waals surface area contributed by atoms with Crippen LogP contribution in [0.1, 0.15) is 0 Å². The first kappa shape index (κ1) is 15.9. The molecule has 3 aromatic rings. The lowest BCUT2D eigenvalue weighted by Crippen LogP contribution is -2.18. The van der Waals surface area contributed by atoms with Crippen LogP contribution in [-0.4, -0.2) is 32.6 Å². The zero-order chi connectivity index (χ0) is 17.4. The van der Waals surface area contributed by atoms with Crippen molar-refractivity contribution < 1.29 is 26.7 Å². The summed E-state index contributed by atoms with van der Waals surface area (Å²) in [5.41, 5.74) is -1.30. The number of H-pyrrole nitrogens is 1. The van der Waals surface area contributed by atoms with E-state index in [0.29, 0.717) is 12.1 Å². The van der Waals surface area contributed by atoms with E-state index in [-0.39, 0.29) is 16.9 Å². The van der Waals surface area contributed by atoms with Crippen molar-refractivity contribution in [3.63, 3.8) is 0 Å². The molecule has 24 heavy (non-hydrogen) atoms. The van der Waals surface area contributed by atoms with Crippen LogP contribution < -0.4 is 10.3 Å². The summed E-state index contributed by atoms with van der Waals surface area (Å²) < 4.78 is 69.5. The molecule has 2 heterocycles. The third kappa shape index (κ3) is 2.79. The Hall–Kier alpha value is -2.98. The van der Waals surface area contributed by atoms with E-state index >= 15 is 0 Å². The zero-order valence-corrected chi connectivity index (χ0v) is 11.6. The van der Waals surface area contributed by atoms with Crippen molar-refractivity contribution in [3.05, 3.63) is 46.1 Å². The second-order valence-electron chi connectivity index (χ2n) is 4.59. The molecule has 0 bridgehead atoms. The van der Waals surface area contributed by atoms with E-state index in [4.69, 9.17) is 0 Å². The van der Waals surface area contributed by atoms with Gasteiger partial charge in [-0.25, -0.2) is 31.5 Å². The Morgan fingerprint density at radius 2 is 1.88 bits per heavy atom. The maximum absolute atomic E-state index is 13.4. The first-order valence-corrected chi connectivity index (χ1v) is 6.40. The highest BCUT2D eigenvalue weighted by molar-refractivity contribution is 5.62. The molecule has 0 radical (unpaired) electrons. The highest BCUT2D eigenvalue weighted by atomic mass is 19.3. The van der Waals surface area contributed by atoms with Gasteiger partial charge in [-0.1, -0.05) is 0 Å². The van der Waals surface area contributed by atoms with E-state index in [0.717, 1.165) is 10.7 Å². The number of halogens is 5. The van der Waals surface area contributed by atoms with Crippen molar-refractivity contribution in [3.8, 4) is 17.3 Å². The molecular weight excluding hydrogens is 339 g/mol. The number of fused-ring (bicyclic) bond motifs is 1. The number of nitrogens with one attached hydrogen (secondary N) is 1. The number of aromatic nitrogens is 4. The number of aromatic amines is 1. The van der Waals surface area contributed by atoms with Gasteiger partial charge in [0.2, 0.25) is 5.65 Å². The molecule has 0 saturated carbocycles. The summed E-state index contributed by atoms with van der Waals surface area (Å²) in [4.78, 5) is 17.6. The van der Waals surface area contributed by atoms with Gasteiger partial charge >= 0.3 is 6.01 Å². The summed E-state index contributed by atoms with van der Waals surface area (Å²) in [5, 5.41) is 3.73. The molecule has 0 fully saturated rings. The molecule has 0 unspecified atom stereocenters. The summed E-state index contributed by atoms with van der Waals surface area (Å²) in [6.45, 7) is -1.02. The SMILES string of the molecule is O=c1[nH]c(OCC(F)F)nn2c(-c3cc(F)c(F)c(F)c3)cnc12. The van der Waals surface area contributed by atoms with Crippen LogP contribution in [0.15, 0.2) is 23.1 Å². The number of alkyl halides is 2. The lowest BCUT2D eigenvalue weighted by molar-refractivity contribution is 0.0761. The first-order chi connectivity index (χ1) is 11.4. The maximum Gasteiger partial charge on any atom is 0.314 e. The number of imidazole rings is 1. The molecule has 0 saturated heterocycles. The predicted octanol–water partition coefficient (Wildman–Crippen LogP) is 2.15. The van der Waals surface area contributed by atoms with Gasteiger partial charge < -0.3 is 4.74 Å². The summed E-state index contributed by atoms with van der Waals surface area (Å²) >= 11 is 0. The highest BCUT2D eigenvalue weighted by Crippen LogP contribution is 2.23. The molecule has 11 heteroatoms. The Labute approximate surface area is 129 Å². The largest absolute Gasteiger partial charge is 0.458 e. The quantitative estimate of drug-likeness (QED) is 0.580. The number of nitrogens with zero attached hydrogens (tertiary/aromatic N) is 3. The summed E-state index contributed by atoms with van der Waals surface area (Å²) in [7, 11) is 0. The Morgan fingerprint density at radius 1 is 1.21 bits per heavy atom. The average molecular weight is 346 g/mol. The molecule has 0 aliphatic rings. The summed E-state index contributed by atoms with van der Waals surface area (Å²) in [6, 6.07) is 0.838. The van der Waals surface area contributed by atoms with Gasteiger partial charge in [0.1, 0.15) is 0 Å². The van der Waals surface area contributed by atoms with E-state index in [2.05, 4.69) is 19.8 Å². The Morgan fingerprint density at radius 3 is 2.50 bits per heavy atom. The van der Waals surface area contributed by atoms with E-state index in [9.17, 15) is 26.7 Å². The zero-order valence-electron chi connectivity index (χ0n) is 11.6. The third-order valence-electron chi connectivity index (χ3n) is 2.98. The summed E-state index contributed by atoms with van der Waals surface area (Å²) in [6.07, 6.45) is -1.73. The molecule has 1 aromatic carbocycles. The van der Waals surface area contributed by atoms with Gasteiger partial charge in [0.15, 0.2) is 24.1 Å². The minimum atomic E-state index is -2.80. The van der Waals surface area contributed by atoms with Crippen LogP contribution in [0.25, 0.3) is 16.9 Å². The van der Waals surface area contributed by atoms with Crippen molar-refractivity contribution in [2.75, 3.05) is 6.61 Å². The number of hydrogen-bond acceptors (Lipinski definition) is 4. The minimum Gasteiger partial charge on any atom is -0.458 e. The normalized spacial score (nSPS) is 11.4. The molecule has 0 spiro atoms. The molecule has 2 aromatic heterocycles. The van der Waals surface area contributed by atoms with Crippen molar-refractivity contribution in [2.45, 2.75) is 6.43 Å². The number of ether oxygens (including phenoxy) is 1. The van der Waals surface area contributed by atoms with Crippen molar-refractivity contribution >= 4 is 5.65 Å². The lowest BCUT2D eigenvalue weighted by atomic mass is 10.1. The Balaban J connectivity index is 2.14. The monoisotopic (exact) mass is 346 g/mol. The number of hydrogen-bond donors (Lipinski definition) is 1. The number of rotatable bonds is 4. The van der Waals surface area contributed by atoms with E-state index < -0.39 is 42.1 Å². The van der Waals surface area contributed by atoms with Gasteiger partial charge in [-0.2, -0.15) is 0 Å². The lowest BCUT2D eigenvalue weighted by Gasteiger charge is -2.06. The molecule has 0 atom stereocenters. The molecule has 6 nitrogen and oxygen atoms in total. The van der Waals surface area contributed by atoms with Crippen molar-refractivity contribution in [1.29, 1.82) is 0 Å². The molecular formula is C13H7F5N4O2. The second kappa shape index (κ2) is 5.91. The standard InChI is InChI=1S/C13H7F5N4O2/c14-6-1-5(2-7(15)10(6)18)8-3-19-11-12(23)20-13(21-22(8)11)24-4-9(16)17/h1-3,9H,4H2,(H,20,21,23). The van der Waals surface area contributed by atoms with Gasteiger partial charge in [0.05, 0.1) is 11.9 Å². The molecule has 1 N–H and O–H groups in total. The molecule has 126 valence electrons. The van der Waals surface area contributed by atoms with Crippen molar-refractivity contribution in [2.24, 2.45) is 0 Å². The first-order valence-electron chi connectivity index (χ1n) is 6.40. The van der Waals surface area contributed by atoms with Crippen LogP contribution in [0, 0.1) is 17.5 Å². The van der Waals surface area contributed by atoms with Crippen LogP contribution in [0.5, 0.6) is 6.01 Å². The van der Waals surface area contributed by atoms with Crippen LogP contribution in [0.4, 0.5) is 22.0 Å². The van der Waals surface area contributed by atoms with E-state index in [1.54, 1.807) is 0 Å². The average Bonchev–Trinajstić information content (AvgIpc) is 2.94. The van der Waals surface area contributed by atoms with Gasteiger partial charge in [0, 0.05) is 5.56 Å². The fourth-order valence-electron chi connectivity index (χ4n) is 1.98.